The molecule has 1 aliphatic heterocycles. The number of nitrogens with zero attached hydrogens (tertiary/aromatic N) is 1. The van der Waals surface area contributed by atoms with Crippen LogP contribution in [0.25, 0.3) is 0 Å². The summed E-state index contributed by atoms with van der Waals surface area (Å²) >= 11 is 0. The molecular formula is C16H26N2. The highest BCUT2D eigenvalue weighted by molar-refractivity contribution is 5.70. The third-order valence-corrected chi connectivity index (χ3v) is 3.94. The molecule has 1 heterocycles. The maximum atomic E-state index is 3.73. The van der Waals surface area contributed by atoms with Crippen LogP contribution in [0.5, 0.6) is 0 Å². The Labute approximate surface area is 111 Å². The van der Waals surface area contributed by atoms with Crippen molar-refractivity contribution in [3.63, 3.8) is 0 Å². The molecule has 0 amide bonds. The third-order valence-electron chi connectivity index (χ3n) is 3.94. The first-order chi connectivity index (χ1) is 8.72. The van der Waals surface area contributed by atoms with Crippen LogP contribution < -0.4 is 10.2 Å². The van der Waals surface area contributed by atoms with Crippen molar-refractivity contribution in [2.45, 2.75) is 46.1 Å². The highest BCUT2D eigenvalue weighted by Gasteiger charge is 2.17. The Hall–Kier alpha value is -1.18. The monoisotopic (exact) mass is 246 g/mol. The summed E-state index contributed by atoms with van der Waals surface area (Å²) in [5, 5.41) is 3.73. The average Bonchev–Trinajstić information content (AvgIpc) is 2.89. The van der Waals surface area contributed by atoms with Crippen molar-refractivity contribution in [2.75, 3.05) is 23.3 Å². The highest BCUT2D eigenvalue weighted by Crippen LogP contribution is 2.30. The maximum absolute atomic E-state index is 3.73. The molecule has 2 heteroatoms. The molecule has 0 aromatic heterocycles. The molecule has 0 spiro atoms. The molecule has 0 bridgehead atoms. The minimum Gasteiger partial charge on any atom is -0.380 e. The molecule has 0 saturated carbocycles. The first-order valence-corrected chi connectivity index (χ1v) is 7.33. The van der Waals surface area contributed by atoms with Gasteiger partial charge in [-0.05, 0) is 37.3 Å². The summed E-state index contributed by atoms with van der Waals surface area (Å²) < 4.78 is 0. The number of rotatable bonds is 5. The minimum absolute atomic E-state index is 0.564. The fourth-order valence-electron chi connectivity index (χ4n) is 2.77. The van der Waals surface area contributed by atoms with Gasteiger partial charge >= 0.3 is 0 Å². The van der Waals surface area contributed by atoms with Crippen molar-refractivity contribution in [3.8, 4) is 0 Å². The zero-order valence-corrected chi connectivity index (χ0v) is 11.9. The van der Waals surface area contributed by atoms with E-state index in [1.165, 1.54) is 43.7 Å². The van der Waals surface area contributed by atoms with Crippen molar-refractivity contribution in [1.29, 1.82) is 0 Å². The van der Waals surface area contributed by atoms with Gasteiger partial charge in [0, 0.05) is 19.1 Å². The standard InChI is InChI=1S/C16H26N2/c1-4-14(13(2)3)17-15-9-5-6-10-16(15)18-11-7-8-12-18/h5-6,9-10,13-14,17H,4,7-8,11-12H2,1-3H3. The second-order valence-corrected chi connectivity index (χ2v) is 5.61. The van der Waals surface area contributed by atoms with Crippen molar-refractivity contribution >= 4 is 11.4 Å². The summed E-state index contributed by atoms with van der Waals surface area (Å²) in [5.74, 6) is 0.668. The van der Waals surface area contributed by atoms with E-state index in [-0.39, 0.29) is 0 Å². The molecule has 0 aliphatic carbocycles. The van der Waals surface area contributed by atoms with E-state index in [2.05, 4.69) is 55.3 Å². The topological polar surface area (TPSA) is 15.3 Å². The van der Waals surface area contributed by atoms with E-state index in [1.807, 2.05) is 0 Å². The molecule has 2 rings (SSSR count). The predicted molar refractivity (Wildman–Crippen MR) is 80.4 cm³/mol. The Morgan fingerprint density at radius 3 is 2.44 bits per heavy atom. The lowest BCUT2D eigenvalue weighted by molar-refractivity contribution is 0.511. The van der Waals surface area contributed by atoms with E-state index in [1.54, 1.807) is 0 Å². The molecule has 1 aliphatic rings. The fraction of sp³-hybridized carbons (Fsp3) is 0.625. The Morgan fingerprint density at radius 2 is 1.83 bits per heavy atom. The van der Waals surface area contributed by atoms with Crippen LogP contribution >= 0.6 is 0 Å². The van der Waals surface area contributed by atoms with Crippen LogP contribution in [0.2, 0.25) is 0 Å². The summed E-state index contributed by atoms with van der Waals surface area (Å²) in [7, 11) is 0. The molecule has 1 saturated heterocycles. The predicted octanol–water partition coefficient (Wildman–Crippen LogP) is 4.13. The second-order valence-electron chi connectivity index (χ2n) is 5.61. The van der Waals surface area contributed by atoms with Crippen LogP contribution in [0.15, 0.2) is 24.3 Å². The number of hydrogen-bond acceptors (Lipinski definition) is 2. The molecule has 1 aromatic rings. The van der Waals surface area contributed by atoms with E-state index in [0.29, 0.717) is 12.0 Å². The van der Waals surface area contributed by atoms with Crippen LogP contribution in [0.3, 0.4) is 0 Å². The summed E-state index contributed by atoms with van der Waals surface area (Å²) in [6.45, 7) is 9.25. The number of para-hydroxylation sites is 2. The lowest BCUT2D eigenvalue weighted by Crippen LogP contribution is -2.27. The number of anilines is 2. The van der Waals surface area contributed by atoms with Crippen LogP contribution in [-0.2, 0) is 0 Å². The number of hydrogen-bond donors (Lipinski definition) is 1. The van der Waals surface area contributed by atoms with Crippen molar-refractivity contribution in [1.82, 2.24) is 0 Å². The molecule has 1 aromatic carbocycles. The zero-order chi connectivity index (χ0) is 13.0. The quantitative estimate of drug-likeness (QED) is 0.840. The van der Waals surface area contributed by atoms with Gasteiger partial charge < -0.3 is 10.2 Å². The van der Waals surface area contributed by atoms with Gasteiger partial charge in [0.05, 0.1) is 11.4 Å². The van der Waals surface area contributed by atoms with Gasteiger partial charge in [-0.15, -0.1) is 0 Å². The molecule has 0 radical (unpaired) electrons. The van der Waals surface area contributed by atoms with Gasteiger partial charge in [0.15, 0.2) is 0 Å². The third kappa shape index (κ3) is 2.98. The van der Waals surface area contributed by atoms with Gasteiger partial charge in [0.1, 0.15) is 0 Å². The molecule has 1 N–H and O–H groups in total. The maximum Gasteiger partial charge on any atom is 0.0602 e. The van der Waals surface area contributed by atoms with Crippen LogP contribution in [0.4, 0.5) is 11.4 Å². The van der Waals surface area contributed by atoms with Gasteiger partial charge in [-0.3, -0.25) is 0 Å². The SMILES string of the molecule is CCC(Nc1ccccc1N1CCCC1)C(C)C. The van der Waals surface area contributed by atoms with E-state index in [9.17, 15) is 0 Å². The van der Waals surface area contributed by atoms with Crippen molar-refractivity contribution < 1.29 is 0 Å². The number of nitrogens with one attached hydrogen (secondary N) is 1. The van der Waals surface area contributed by atoms with E-state index >= 15 is 0 Å². The van der Waals surface area contributed by atoms with Crippen LogP contribution in [0, 0.1) is 5.92 Å². The van der Waals surface area contributed by atoms with Crippen molar-refractivity contribution in [2.24, 2.45) is 5.92 Å². The number of benzene rings is 1. The summed E-state index contributed by atoms with van der Waals surface area (Å²) in [6.07, 6.45) is 3.83. The van der Waals surface area contributed by atoms with E-state index in [0.717, 1.165) is 0 Å². The summed E-state index contributed by atoms with van der Waals surface area (Å²) in [4.78, 5) is 2.51. The highest BCUT2D eigenvalue weighted by atomic mass is 15.2. The van der Waals surface area contributed by atoms with E-state index in [4.69, 9.17) is 0 Å². The Bertz CT molecular complexity index is 367. The molecule has 100 valence electrons. The second kappa shape index (κ2) is 6.12. The Kier molecular flexibility index (Phi) is 4.51. The van der Waals surface area contributed by atoms with Crippen LogP contribution in [-0.4, -0.2) is 19.1 Å². The normalized spacial score (nSPS) is 17.2. The minimum atomic E-state index is 0.564. The van der Waals surface area contributed by atoms with Crippen molar-refractivity contribution in [3.05, 3.63) is 24.3 Å². The first kappa shape index (κ1) is 13.3. The molecule has 1 atom stereocenters. The van der Waals surface area contributed by atoms with E-state index < -0.39 is 0 Å². The average molecular weight is 246 g/mol. The Morgan fingerprint density at radius 1 is 1.17 bits per heavy atom. The molecule has 2 nitrogen and oxygen atoms in total. The first-order valence-electron chi connectivity index (χ1n) is 7.33. The lowest BCUT2D eigenvalue weighted by Gasteiger charge is -2.27. The van der Waals surface area contributed by atoms with Crippen LogP contribution in [0.1, 0.15) is 40.0 Å². The van der Waals surface area contributed by atoms with Gasteiger partial charge in [-0.2, -0.15) is 0 Å². The van der Waals surface area contributed by atoms with Gasteiger partial charge in [0.2, 0.25) is 0 Å². The Balaban J connectivity index is 2.16. The van der Waals surface area contributed by atoms with Gasteiger partial charge in [-0.1, -0.05) is 32.9 Å². The van der Waals surface area contributed by atoms with Gasteiger partial charge in [-0.25, -0.2) is 0 Å². The summed E-state index contributed by atoms with van der Waals surface area (Å²) in [6, 6.07) is 9.32. The molecular weight excluding hydrogens is 220 g/mol. The zero-order valence-electron chi connectivity index (χ0n) is 11.9. The smallest absolute Gasteiger partial charge is 0.0602 e. The largest absolute Gasteiger partial charge is 0.380 e. The van der Waals surface area contributed by atoms with Gasteiger partial charge in [0.25, 0.3) is 0 Å². The fourth-order valence-corrected chi connectivity index (χ4v) is 2.77. The molecule has 1 fully saturated rings. The molecule has 18 heavy (non-hydrogen) atoms. The lowest BCUT2D eigenvalue weighted by atomic mass is 10.0. The molecule has 1 unspecified atom stereocenters. The summed E-state index contributed by atoms with van der Waals surface area (Å²) in [5.41, 5.74) is 2.69.